The first kappa shape index (κ1) is 22.3. The zero-order valence-corrected chi connectivity index (χ0v) is 19.8. The second-order valence-electron chi connectivity index (χ2n) is 9.30. The van der Waals surface area contributed by atoms with Gasteiger partial charge >= 0.3 is 0 Å². The van der Waals surface area contributed by atoms with Gasteiger partial charge in [0, 0.05) is 30.4 Å². The molecule has 0 bridgehead atoms. The number of pyridine rings is 1. The molecule has 1 fully saturated rings. The molecule has 7 heteroatoms. The molecule has 1 aromatic carbocycles. The number of aryl methyl sites for hydroxylation is 1. The van der Waals surface area contributed by atoms with Gasteiger partial charge in [-0.1, -0.05) is 36.4 Å². The summed E-state index contributed by atoms with van der Waals surface area (Å²) in [6.45, 7) is 4.67. The van der Waals surface area contributed by atoms with Gasteiger partial charge in [-0.15, -0.1) is 0 Å². The van der Waals surface area contributed by atoms with Crippen molar-refractivity contribution in [3.63, 3.8) is 0 Å². The van der Waals surface area contributed by atoms with Crippen LogP contribution in [0.3, 0.4) is 0 Å². The third-order valence-electron chi connectivity index (χ3n) is 6.67. The molecule has 7 nitrogen and oxygen atoms in total. The molecule has 3 heterocycles. The number of hydrogen-bond donors (Lipinski definition) is 3. The molecule has 4 aromatic rings. The number of aliphatic hydroxyl groups is 1. The number of rotatable bonds is 6. The molecule has 0 amide bonds. The van der Waals surface area contributed by atoms with Crippen LogP contribution in [-0.2, 0) is 0 Å². The zero-order chi connectivity index (χ0) is 23.9. The third-order valence-corrected chi connectivity index (χ3v) is 6.67. The summed E-state index contributed by atoms with van der Waals surface area (Å²) in [5.41, 5.74) is 12.2. The number of likely N-dealkylation sites (N-methyl/N-ethyl adjacent to an activating group) is 1. The minimum Gasteiger partial charge on any atom is -0.389 e. The van der Waals surface area contributed by atoms with E-state index < -0.39 is 5.60 Å². The summed E-state index contributed by atoms with van der Waals surface area (Å²) in [5, 5.41) is 13.8. The van der Waals surface area contributed by atoms with Crippen LogP contribution < -0.4 is 11.1 Å². The summed E-state index contributed by atoms with van der Waals surface area (Å²) < 4.78 is 2.03. The smallest absolute Gasteiger partial charge is 0.150 e. The first-order valence-electron chi connectivity index (χ1n) is 11.6. The number of hydrogen-bond acceptors (Lipinski definition) is 6. The molecule has 1 saturated carbocycles. The van der Waals surface area contributed by atoms with Crippen LogP contribution in [0.4, 0.5) is 5.82 Å². The molecule has 0 aliphatic heterocycles. The lowest BCUT2D eigenvalue weighted by molar-refractivity contribution is -0.0476. The Balaban J connectivity index is 1.55. The summed E-state index contributed by atoms with van der Waals surface area (Å²) in [4.78, 5) is 14.3. The number of nitrogens with two attached hydrogens (primary N) is 1. The summed E-state index contributed by atoms with van der Waals surface area (Å²) in [6, 6.07) is 14.3. The predicted octanol–water partition coefficient (Wildman–Crippen LogP) is 4.07. The molecule has 1 aliphatic rings. The Labute approximate surface area is 199 Å². The fourth-order valence-corrected chi connectivity index (χ4v) is 4.90. The lowest BCUT2D eigenvalue weighted by Gasteiger charge is -2.42. The highest BCUT2D eigenvalue weighted by atomic mass is 16.3. The van der Waals surface area contributed by atoms with Crippen molar-refractivity contribution < 1.29 is 5.11 Å². The summed E-state index contributed by atoms with van der Waals surface area (Å²) in [7, 11) is 1.86. The number of imidazole rings is 1. The lowest BCUT2D eigenvalue weighted by atomic mass is 9.70. The molecule has 34 heavy (non-hydrogen) atoms. The Morgan fingerprint density at radius 3 is 2.71 bits per heavy atom. The van der Waals surface area contributed by atoms with Crippen molar-refractivity contribution in [2.24, 2.45) is 0 Å². The average molecular weight is 455 g/mol. The number of nitrogens with zero attached hydrogens (tertiary/aromatic N) is 4. The van der Waals surface area contributed by atoms with Crippen LogP contribution in [0.1, 0.15) is 48.5 Å². The molecular formula is C27H30N6O. The molecule has 174 valence electrons. The van der Waals surface area contributed by atoms with E-state index in [1.807, 2.05) is 48.8 Å². The van der Waals surface area contributed by atoms with Crippen LogP contribution >= 0.6 is 0 Å². The van der Waals surface area contributed by atoms with Gasteiger partial charge in [-0.05, 0) is 57.0 Å². The van der Waals surface area contributed by atoms with Crippen molar-refractivity contribution in [1.82, 2.24) is 24.7 Å². The van der Waals surface area contributed by atoms with Crippen molar-refractivity contribution in [3.05, 3.63) is 77.6 Å². The Morgan fingerprint density at radius 2 is 1.97 bits per heavy atom. The largest absolute Gasteiger partial charge is 0.389 e. The minimum absolute atomic E-state index is 0.162. The van der Waals surface area contributed by atoms with Crippen LogP contribution in [-0.4, -0.2) is 43.7 Å². The van der Waals surface area contributed by atoms with Crippen molar-refractivity contribution in [1.29, 1.82) is 0 Å². The summed E-state index contributed by atoms with van der Waals surface area (Å²) in [6.07, 6.45) is 7.00. The standard InChI is InChI=1S/C27H30N6O/c1-17-9-10-21(19-7-5-4-6-8-19)31-22(17)13-18(2)23-24-25(28)30-11-12-33(24)26(32-23)20-14-27(34,15-20)16-29-3/h4-13,20,29,34H,14-16H2,1-3H3,(H2,28,30)/b18-13+. The second-order valence-corrected chi connectivity index (χ2v) is 9.30. The van der Waals surface area contributed by atoms with Crippen molar-refractivity contribution in [3.8, 4) is 11.3 Å². The fourth-order valence-electron chi connectivity index (χ4n) is 4.90. The number of benzene rings is 1. The monoisotopic (exact) mass is 454 g/mol. The van der Waals surface area contributed by atoms with Crippen LogP contribution in [0, 0.1) is 6.92 Å². The maximum Gasteiger partial charge on any atom is 0.150 e. The molecular weight excluding hydrogens is 424 g/mol. The van der Waals surface area contributed by atoms with Gasteiger partial charge < -0.3 is 16.2 Å². The van der Waals surface area contributed by atoms with E-state index >= 15 is 0 Å². The summed E-state index contributed by atoms with van der Waals surface area (Å²) in [5.74, 6) is 1.52. The van der Waals surface area contributed by atoms with E-state index in [0.717, 1.165) is 45.1 Å². The summed E-state index contributed by atoms with van der Waals surface area (Å²) >= 11 is 0. The van der Waals surface area contributed by atoms with Crippen LogP contribution in [0.15, 0.2) is 54.9 Å². The third kappa shape index (κ3) is 3.97. The van der Waals surface area contributed by atoms with Crippen molar-refractivity contribution >= 4 is 23.0 Å². The van der Waals surface area contributed by atoms with E-state index in [4.69, 9.17) is 15.7 Å². The molecule has 0 radical (unpaired) electrons. The van der Waals surface area contributed by atoms with Gasteiger partial charge in [0.2, 0.25) is 0 Å². The Kier molecular flexibility index (Phi) is 5.67. The number of anilines is 1. The highest BCUT2D eigenvalue weighted by molar-refractivity contribution is 5.89. The molecule has 0 spiro atoms. The SMILES string of the molecule is CNCC1(O)CC(c2nc(/C(C)=C/c3nc(-c4ccccc4)ccc3C)c3c(N)nccn23)C1. The van der Waals surface area contributed by atoms with Crippen LogP contribution in [0.25, 0.3) is 28.4 Å². The quantitative estimate of drug-likeness (QED) is 0.406. The molecule has 3 aromatic heterocycles. The van der Waals surface area contributed by atoms with E-state index in [1.54, 1.807) is 6.20 Å². The molecule has 0 saturated heterocycles. The first-order chi connectivity index (χ1) is 16.4. The molecule has 1 aliphatic carbocycles. The highest BCUT2D eigenvalue weighted by Crippen LogP contribution is 2.45. The maximum atomic E-state index is 10.7. The van der Waals surface area contributed by atoms with E-state index in [0.29, 0.717) is 25.2 Å². The van der Waals surface area contributed by atoms with Crippen LogP contribution in [0.2, 0.25) is 0 Å². The minimum atomic E-state index is -0.687. The van der Waals surface area contributed by atoms with Crippen molar-refractivity contribution in [2.75, 3.05) is 19.3 Å². The number of nitrogen functional groups attached to an aromatic ring is 1. The number of allylic oxidation sites excluding steroid dienone is 1. The second kappa shape index (κ2) is 8.66. The number of nitrogens with one attached hydrogen (secondary N) is 1. The molecule has 4 N–H and O–H groups in total. The van der Waals surface area contributed by atoms with Gasteiger partial charge in [0.1, 0.15) is 17.2 Å². The fraction of sp³-hybridized carbons (Fsp3) is 0.296. The zero-order valence-electron chi connectivity index (χ0n) is 19.8. The van der Waals surface area contributed by atoms with Gasteiger partial charge in [-0.3, -0.25) is 4.40 Å². The van der Waals surface area contributed by atoms with E-state index in [1.165, 1.54) is 0 Å². The van der Waals surface area contributed by atoms with Gasteiger partial charge in [0.15, 0.2) is 0 Å². The normalized spacial score (nSPS) is 20.5. The van der Waals surface area contributed by atoms with E-state index in [9.17, 15) is 5.11 Å². The highest BCUT2D eigenvalue weighted by Gasteiger charge is 2.44. The topological polar surface area (TPSA) is 101 Å². The molecule has 5 rings (SSSR count). The molecule has 0 atom stereocenters. The van der Waals surface area contributed by atoms with Gasteiger partial charge in [0.25, 0.3) is 0 Å². The lowest BCUT2D eigenvalue weighted by Crippen LogP contribution is -2.49. The average Bonchev–Trinajstić information content (AvgIpc) is 3.20. The van der Waals surface area contributed by atoms with Gasteiger partial charge in [-0.2, -0.15) is 0 Å². The van der Waals surface area contributed by atoms with Crippen LogP contribution in [0.5, 0.6) is 0 Å². The number of aromatic nitrogens is 4. The number of fused-ring (bicyclic) bond motifs is 1. The van der Waals surface area contributed by atoms with Gasteiger partial charge in [0.05, 0.1) is 22.7 Å². The van der Waals surface area contributed by atoms with Gasteiger partial charge in [-0.25, -0.2) is 15.0 Å². The maximum absolute atomic E-state index is 10.7. The van der Waals surface area contributed by atoms with E-state index in [-0.39, 0.29) is 5.92 Å². The Morgan fingerprint density at radius 1 is 1.21 bits per heavy atom. The van der Waals surface area contributed by atoms with Crippen molar-refractivity contribution in [2.45, 2.75) is 38.2 Å². The van der Waals surface area contributed by atoms with E-state index in [2.05, 4.69) is 41.5 Å². The Bertz CT molecular complexity index is 1370. The molecule has 0 unspecified atom stereocenters. The predicted molar refractivity (Wildman–Crippen MR) is 136 cm³/mol. The Hall–Kier alpha value is -3.55. The first-order valence-corrected chi connectivity index (χ1v) is 11.6.